The number of nitrogens with one attached hydrogen (secondary N) is 2. The molecule has 0 aliphatic carbocycles. The summed E-state index contributed by atoms with van der Waals surface area (Å²) in [6.07, 6.45) is 0. The summed E-state index contributed by atoms with van der Waals surface area (Å²) >= 11 is 9.57. The van der Waals surface area contributed by atoms with Crippen molar-refractivity contribution in [2.75, 3.05) is 0 Å². The number of H-pyrrole nitrogens is 2. The molecule has 1 atom stereocenters. The number of aromatic amines is 2. The number of rotatable bonds is 2. The number of hydrogen-bond donors (Lipinski definition) is 2. The van der Waals surface area contributed by atoms with E-state index in [4.69, 9.17) is 0 Å². The van der Waals surface area contributed by atoms with E-state index in [0.717, 1.165) is 21.1 Å². The second-order valence-electron chi connectivity index (χ2n) is 4.41. The van der Waals surface area contributed by atoms with Gasteiger partial charge in [0.05, 0.1) is 15.9 Å². The molecule has 2 N–H and O–H groups in total. The Morgan fingerprint density at radius 2 is 1.80 bits per heavy atom. The average molecular weight is 508 g/mol. The number of benzene rings is 2. The van der Waals surface area contributed by atoms with Gasteiger partial charge in [-0.15, -0.1) is 0 Å². The summed E-state index contributed by atoms with van der Waals surface area (Å²) in [5, 5.41) is 0. The van der Waals surface area contributed by atoms with Crippen LogP contribution in [-0.2, 0) is 0 Å². The molecule has 0 spiro atoms. The van der Waals surface area contributed by atoms with Crippen molar-refractivity contribution in [1.82, 2.24) is 9.97 Å². The van der Waals surface area contributed by atoms with E-state index >= 15 is 0 Å². The molecule has 0 fully saturated rings. The summed E-state index contributed by atoms with van der Waals surface area (Å²) in [4.78, 5) is 16.9. The Balaban J connectivity index is 2.09. The van der Waals surface area contributed by atoms with Crippen LogP contribution in [0.1, 0.15) is 16.0 Å². The number of hydrogen-bond acceptors (Lipinski definition) is 1. The van der Waals surface area contributed by atoms with Gasteiger partial charge in [-0.1, -0.05) is 37.9 Å². The first kappa shape index (κ1) is 14.3. The molecule has 0 amide bonds. The van der Waals surface area contributed by atoms with Crippen molar-refractivity contribution in [3.8, 4) is 0 Å². The fourth-order valence-corrected chi connectivity index (χ4v) is 4.21. The van der Waals surface area contributed by atoms with Gasteiger partial charge < -0.3 is 9.97 Å². The van der Waals surface area contributed by atoms with Crippen LogP contribution in [0.2, 0.25) is 0 Å². The van der Waals surface area contributed by atoms with Crippen molar-refractivity contribution in [2.24, 2.45) is 0 Å². The largest absolute Gasteiger partial charge is 0.323 e. The monoisotopic (exact) mass is 506 g/mol. The molecule has 6 heteroatoms. The molecule has 20 heavy (non-hydrogen) atoms. The van der Waals surface area contributed by atoms with E-state index in [1.54, 1.807) is 0 Å². The van der Waals surface area contributed by atoms with Crippen molar-refractivity contribution >= 4 is 65.5 Å². The lowest BCUT2D eigenvalue weighted by molar-refractivity contribution is 1.16. The lowest BCUT2D eigenvalue weighted by Gasteiger charge is -2.13. The molecular weight excluding hydrogens is 499 g/mol. The molecule has 0 saturated heterocycles. The minimum atomic E-state index is -0.180. The zero-order valence-electron chi connectivity index (χ0n) is 10.1. The Morgan fingerprint density at radius 1 is 1.05 bits per heavy atom. The molecule has 1 unspecified atom stereocenters. The van der Waals surface area contributed by atoms with Crippen LogP contribution >= 0.6 is 54.5 Å². The van der Waals surface area contributed by atoms with E-state index in [1.165, 1.54) is 9.13 Å². The number of alkyl halides is 1. The molecule has 0 radical (unpaired) electrons. The maximum atomic E-state index is 11.3. The van der Waals surface area contributed by atoms with Crippen molar-refractivity contribution in [3.05, 3.63) is 66.1 Å². The molecule has 2 aromatic carbocycles. The van der Waals surface area contributed by atoms with Gasteiger partial charge in [0.1, 0.15) is 0 Å². The molecule has 102 valence electrons. The third-order valence-corrected chi connectivity index (χ3v) is 5.56. The van der Waals surface area contributed by atoms with E-state index in [1.807, 2.05) is 24.3 Å². The Bertz CT molecular complexity index is 841. The van der Waals surface area contributed by atoms with E-state index in [9.17, 15) is 4.79 Å². The first-order valence-corrected chi connectivity index (χ1v) is 8.64. The van der Waals surface area contributed by atoms with Gasteiger partial charge in [0.15, 0.2) is 0 Å². The Hall–Kier alpha value is -0.600. The van der Waals surface area contributed by atoms with Gasteiger partial charge in [0.2, 0.25) is 0 Å². The van der Waals surface area contributed by atoms with E-state index in [-0.39, 0.29) is 10.5 Å². The van der Waals surface area contributed by atoms with Crippen molar-refractivity contribution in [3.63, 3.8) is 0 Å². The molecule has 0 bridgehead atoms. The summed E-state index contributed by atoms with van der Waals surface area (Å²) in [7, 11) is 0. The number of aromatic nitrogens is 2. The van der Waals surface area contributed by atoms with Crippen LogP contribution in [0.5, 0.6) is 0 Å². The van der Waals surface area contributed by atoms with Gasteiger partial charge in [-0.25, -0.2) is 4.79 Å². The summed E-state index contributed by atoms with van der Waals surface area (Å²) in [6, 6.07) is 12.1. The summed E-state index contributed by atoms with van der Waals surface area (Å²) < 4.78 is 2.24. The van der Waals surface area contributed by atoms with Gasteiger partial charge in [0, 0.05) is 8.04 Å². The molecule has 1 aromatic heterocycles. The fraction of sp³-hybridized carbons (Fsp3) is 0.0714. The Morgan fingerprint density at radius 3 is 2.60 bits per heavy atom. The van der Waals surface area contributed by atoms with Crippen LogP contribution in [0, 0.1) is 3.57 Å². The van der Waals surface area contributed by atoms with Crippen LogP contribution in [0.3, 0.4) is 0 Å². The first-order chi connectivity index (χ1) is 9.54. The summed E-state index contributed by atoms with van der Waals surface area (Å²) in [5.41, 5.74) is 3.76. The molecule has 1 heterocycles. The molecule has 0 aliphatic rings. The Labute approximate surface area is 145 Å². The minimum absolute atomic E-state index is 0.0784. The molecule has 0 aliphatic heterocycles. The SMILES string of the molecule is O=c1[nH]c2ccc(C(Br)c3cc(Br)ccc3I)cc2[nH]1. The Kier molecular flexibility index (Phi) is 4.05. The van der Waals surface area contributed by atoms with Crippen LogP contribution in [-0.4, -0.2) is 9.97 Å². The van der Waals surface area contributed by atoms with Crippen molar-refractivity contribution < 1.29 is 0 Å². The highest BCUT2D eigenvalue weighted by molar-refractivity contribution is 14.1. The van der Waals surface area contributed by atoms with Gasteiger partial charge in [-0.3, -0.25) is 0 Å². The molecule has 3 aromatic rings. The van der Waals surface area contributed by atoms with Gasteiger partial charge in [-0.05, 0) is 64.0 Å². The quantitative estimate of drug-likeness (QED) is 0.383. The van der Waals surface area contributed by atoms with E-state index < -0.39 is 0 Å². The predicted octanol–water partition coefficient (Wildman–Crippen LogP) is 4.71. The smallest absolute Gasteiger partial charge is 0.306 e. The van der Waals surface area contributed by atoms with Gasteiger partial charge in [-0.2, -0.15) is 0 Å². The highest BCUT2D eigenvalue weighted by Crippen LogP contribution is 2.35. The maximum Gasteiger partial charge on any atom is 0.323 e. The van der Waals surface area contributed by atoms with Crippen molar-refractivity contribution in [1.29, 1.82) is 0 Å². The normalized spacial score (nSPS) is 12.8. The second-order valence-corrected chi connectivity index (χ2v) is 7.41. The molecule has 3 rings (SSSR count). The predicted molar refractivity (Wildman–Crippen MR) is 96.5 cm³/mol. The zero-order valence-corrected chi connectivity index (χ0v) is 15.4. The maximum absolute atomic E-state index is 11.3. The third kappa shape index (κ3) is 2.73. The lowest BCUT2D eigenvalue weighted by atomic mass is 10.0. The zero-order chi connectivity index (χ0) is 14.3. The highest BCUT2D eigenvalue weighted by atomic mass is 127. The molecular formula is C14H9Br2IN2O. The summed E-state index contributed by atoms with van der Waals surface area (Å²) in [5.74, 6) is 0. The number of imidazole rings is 1. The lowest BCUT2D eigenvalue weighted by Crippen LogP contribution is -1.99. The van der Waals surface area contributed by atoms with Gasteiger partial charge in [0.25, 0.3) is 0 Å². The molecule has 0 saturated carbocycles. The van der Waals surface area contributed by atoms with Crippen LogP contribution in [0.25, 0.3) is 11.0 Å². The van der Waals surface area contributed by atoms with Gasteiger partial charge >= 0.3 is 5.69 Å². The number of halogens is 3. The highest BCUT2D eigenvalue weighted by Gasteiger charge is 2.15. The van der Waals surface area contributed by atoms with Crippen LogP contribution in [0.15, 0.2) is 45.7 Å². The topological polar surface area (TPSA) is 48.6 Å². The second kappa shape index (κ2) is 5.65. The van der Waals surface area contributed by atoms with Crippen LogP contribution in [0.4, 0.5) is 0 Å². The number of fused-ring (bicyclic) bond motifs is 1. The average Bonchev–Trinajstić information content (AvgIpc) is 2.79. The van der Waals surface area contributed by atoms with E-state index in [0.29, 0.717) is 0 Å². The minimum Gasteiger partial charge on any atom is -0.306 e. The standard InChI is InChI=1S/C14H9Br2IN2O/c15-8-2-3-10(17)9(6-8)13(16)7-1-4-11-12(5-7)19-14(20)18-11/h1-6,13H,(H2,18,19,20). The summed E-state index contributed by atoms with van der Waals surface area (Å²) in [6.45, 7) is 0. The first-order valence-electron chi connectivity index (χ1n) is 5.85. The molecule has 3 nitrogen and oxygen atoms in total. The van der Waals surface area contributed by atoms with E-state index in [2.05, 4.69) is 76.6 Å². The van der Waals surface area contributed by atoms with Crippen LogP contribution < -0.4 is 5.69 Å². The fourth-order valence-electron chi connectivity index (χ4n) is 2.10. The third-order valence-electron chi connectivity index (χ3n) is 3.06. The van der Waals surface area contributed by atoms with Crippen molar-refractivity contribution in [2.45, 2.75) is 4.83 Å².